The molecule has 2 heterocycles. The molecule has 2 aliphatic rings. The number of nitrogens with one attached hydrogen (secondary N) is 2. The van der Waals surface area contributed by atoms with Gasteiger partial charge in [-0.1, -0.05) is 6.07 Å². The third kappa shape index (κ3) is 4.22. The fourth-order valence-corrected chi connectivity index (χ4v) is 4.10. The lowest BCUT2D eigenvalue weighted by atomic mass is 9.92. The predicted molar refractivity (Wildman–Crippen MR) is 106 cm³/mol. The van der Waals surface area contributed by atoms with E-state index in [-0.39, 0.29) is 23.8 Å². The SMILES string of the molecule is NC(=O)c1cnc(N[C@@H]2CCc3ncccc3C2)nc1N[C@@H]1CCCC(O)C1. The summed E-state index contributed by atoms with van der Waals surface area (Å²) in [6.07, 6.45) is 9.02. The number of carbonyl (C=O) groups is 1. The average molecular weight is 382 g/mol. The Bertz CT molecular complexity index is 858. The van der Waals surface area contributed by atoms with Crippen molar-refractivity contribution < 1.29 is 9.90 Å². The number of aliphatic hydroxyl groups excluding tert-OH is 1. The summed E-state index contributed by atoms with van der Waals surface area (Å²) in [6, 6.07) is 4.34. The van der Waals surface area contributed by atoms with Crippen molar-refractivity contribution in [3.05, 3.63) is 41.3 Å². The molecule has 1 amide bonds. The molecule has 2 aromatic rings. The second-order valence-electron chi connectivity index (χ2n) is 7.68. The van der Waals surface area contributed by atoms with E-state index < -0.39 is 5.91 Å². The largest absolute Gasteiger partial charge is 0.393 e. The van der Waals surface area contributed by atoms with Crippen LogP contribution in [0.25, 0.3) is 0 Å². The molecule has 0 aromatic carbocycles. The first-order chi connectivity index (χ1) is 13.6. The topological polar surface area (TPSA) is 126 Å². The molecule has 28 heavy (non-hydrogen) atoms. The number of fused-ring (bicyclic) bond motifs is 1. The van der Waals surface area contributed by atoms with E-state index >= 15 is 0 Å². The summed E-state index contributed by atoms with van der Waals surface area (Å²) in [4.78, 5) is 25.1. The van der Waals surface area contributed by atoms with Gasteiger partial charge in [-0.3, -0.25) is 9.78 Å². The van der Waals surface area contributed by atoms with Crippen LogP contribution in [0.2, 0.25) is 0 Å². The molecule has 2 aliphatic carbocycles. The number of nitrogens with zero attached hydrogens (tertiary/aromatic N) is 3. The van der Waals surface area contributed by atoms with E-state index in [1.807, 2.05) is 12.3 Å². The van der Waals surface area contributed by atoms with Gasteiger partial charge in [0.15, 0.2) is 0 Å². The van der Waals surface area contributed by atoms with Crippen molar-refractivity contribution >= 4 is 17.7 Å². The summed E-state index contributed by atoms with van der Waals surface area (Å²) in [5.41, 5.74) is 8.17. The molecular weight excluding hydrogens is 356 g/mol. The Morgan fingerprint density at radius 3 is 2.89 bits per heavy atom. The molecule has 148 valence electrons. The minimum atomic E-state index is -0.567. The number of hydrogen-bond donors (Lipinski definition) is 4. The molecule has 2 aromatic heterocycles. The quantitative estimate of drug-likeness (QED) is 0.619. The van der Waals surface area contributed by atoms with Crippen LogP contribution in [0.4, 0.5) is 11.8 Å². The molecule has 5 N–H and O–H groups in total. The van der Waals surface area contributed by atoms with E-state index in [0.29, 0.717) is 18.2 Å². The van der Waals surface area contributed by atoms with Gasteiger partial charge in [-0.05, 0) is 56.6 Å². The monoisotopic (exact) mass is 382 g/mol. The zero-order chi connectivity index (χ0) is 19.5. The lowest BCUT2D eigenvalue weighted by Crippen LogP contribution is -2.32. The number of rotatable bonds is 5. The molecule has 0 aliphatic heterocycles. The van der Waals surface area contributed by atoms with E-state index in [1.165, 1.54) is 11.8 Å². The third-order valence-electron chi connectivity index (χ3n) is 5.56. The number of nitrogens with two attached hydrogens (primary N) is 1. The Morgan fingerprint density at radius 2 is 2.07 bits per heavy atom. The van der Waals surface area contributed by atoms with Gasteiger partial charge in [0.2, 0.25) is 5.95 Å². The Kier molecular flexibility index (Phi) is 5.38. The number of pyridine rings is 1. The normalized spacial score (nSPS) is 24.2. The number of anilines is 2. The predicted octanol–water partition coefficient (Wildman–Crippen LogP) is 1.66. The molecule has 8 heteroatoms. The Balaban J connectivity index is 1.49. The van der Waals surface area contributed by atoms with Crippen LogP contribution in [0.1, 0.15) is 53.7 Å². The van der Waals surface area contributed by atoms with Gasteiger partial charge in [0.1, 0.15) is 5.82 Å². The molecule has 1 saturated carbocycles. The molecule has 0 radical (unpaired) electrons. The van der Waals surface area contributed by atoms with E-state index in [0.717, 1.165) is 44.2 Å². The first kappa shape index (κ1) is 18.6. The number of carbonyl (C=O) groups excluding carboxylic acids is 1. The summed E-state index contributed by atoms with van der Waals surface area (Å²) >= 11 is 0. The molecule has 1 unspecified atom stereocenters. The van der Waals surface area contributed by atoms with E-state index in [4.69, 9.17) is 5.73 Å². The zero-order valence-electron chi connectivity index (χ0n) is 15.8. The van der Waals surface area contributed by atoms with Crippen LogP contribution >= 0.6 is 0 Å². The zero-order valence-corrected chi connectivity index (χ0v) is 15.8. The highest BCUT2D eigenvalue weighted by atomic mass is 16.3. The number of aliphatic hydroxyl groups is 1. The van der Waals surface area contributed by atoms with E-state index in [1.54, 1.807) is 0 Å². The van der Waals surface area contributed by atoms with Crippen LogP contribution in [-0.2, 0) is 12.8 Å². The molecule has 0 bridgehead atoms. The highest BCUT2D eigenvalue weighted by Gasteiger charge is 2.24. The summed E-state index contributed by atoms with van der Waals surface area (Å²) in [6.45, 7) is 0. The second kappa shape index (κ2) is 8.10. The van der Waals surface area contributed by atoms with Crippen molar-refractivity contribution in [2.75, 3.05) is 10.6 Å². The van der Waals surface area contributed by atoms with Gasteiger partial charge in [-0.15, -0.1) is 0 Å². The molecule has 1 fully saturated rings. The van der Waals surface area contributed by atoms with Crippen molar-refractivity contribution in [1.82, 2.24) is 15.0 Å². The van der Waals surface area contributed by atoms with Crippen molar-refractivity contribution in [3.63, 3.8) is 0 Å². The lowest BCUT2D eigenvalue weighted by molar-refractivity contribution is 0.100. The summed E-state index contributed by atoms with van der Waals surface area (Å²) in [5.74, 6) is 0.339. The van der Waals surface area contributed by atoms with E-state index in [2.05, 4.69) is 31.7 Å². The smallest absolute Gasteiger partial charge is 0.254 e. The van der Waals surface area contributed by atoms with Gasteiger partial charge in [0.25, 0.3) is 5.91 Å². The lowest BCUT2D eigenvalue weighted by Gasteiger charge is -2.28. The van der Waals surface area contributed by atoms with Gasteiger partial charge in [0.05, 0.1) is 11.7 Å². The second-order valence-corrected chi connectivity index (χ2v) is 7.68. The molecule has 8 nitrogen and oxygen atoms in total. The summed E-state index contributed by atoms with van der Waals surface area (Å²) in [7, 11) is 0. The molecule has 0 spiro atoms. The average Bonchev–Trinajstić information content (AvgIpc) is 2.68. The Hall–Kier alpha value is -2.74. The van der Waals surface area contributed by atoms with Crippen LogP contribution in [0.3, 0.4) is 0 Å². The minimum Gasteiger partial charge on any atom is -0.393 e. The van der Waals surface area contributed by atoms with Gasteiger partial charge < -0.3 is 21.5 Å². The van der Waals surface area contributed by atoms with Crippen LogP contribution in [0.5, 0.6) is 0 Å². The van der Waals surface area contributed by atoms with Crippen molar-refractivity contribution in [3.8, 4) is 0 Å². The highest BCUT2D eigenvalue weighted by molar-refractivity contribution is 5.97. The Morgan fingerprint density at radius 1 is 1.18 bits per heavy atom. The summed E-state index contributed by atoms with van der Waals surface area (Å²) < 4.78 is 0. The number of aromatic nitrogens is 3. The maximum Gasteiger partial charge on any atom is 0.254 e. The van der Waals surface area contributed by atoms with Gasteiger partial charge in [-0.2, -0.15) is 4.98 Å². The van der Waals surface area contributed by atoms with E-state index in [9.17, 15) is 9.90 Å². The third-order valence-corrected chi connectivity index (χ3v) is 5.56. The van der Waals surface area contributed by atoms with Crippen molar-refractivity contribution in [2.45, 2.75) is 63.1 Å². The minimum absolute atomic E-state index is 0.0669. The van der Waals surface area contributed by atoms with Crippen molar-refractivity contribution in [2.24, 2.45) is 5.73 Å². The number of primary amides is 1. The van der Waals surface area contributed by atoms with Gasteiger partial charge in [-0.25, -0.2) is 4.98 Å². The first-order valence-electron chi connectivity index (χ1n) is 9.89. The van der Waals surface area contributed by atoms with Crippen molar-refractivity contribution in [1.29, 1.82) is 0 Å². The maximum absolute atomic E-state index is 11.8. The number of aryl methyl sites for hydroxylation is 1. The first-order valence-corrected chi connectivity index (χ1v) is 9.89. The molecule has 0 saturated heterocycles. The molecular formula is C20H26N6O2. The van der Waals surface area contributed by atoms with Crippen LogP contribution in [-0.4, -0.2) is 44.2 Å². The van der Waals surface area contributed by atoms with Crippen LogP contribution in [0, 0.1) is 0 Å². The van der Waals surface area contributed by atoms with Crippen LogP contribution in [0.15, 0.2) is 24.5 Å². The van der Waals surface area contributed by atoms with Crippen LogP contribution < -0.4 is 16.4 Å². The Labute approximate surface area is 164 Å². The van der Waals surface area contributed by atoms with Gasteiger partial charge in [0, 0.05) is 30.2 Å². The molecule has 4 rings (SSSR count). The fraction of sp³-hybridized carbons (Fsp3) is 0.500. The highest BCUT2D eigenvalue weighted by Crippen LogP contribution is 2.25. The molecule has 3 atom stereocenters. The number of amides is 1. The number of hydrogen-bond acceptors (Lipinski definition) is 7. The standard InChI is InChI=1S/C20H26N6O2/c21-18(28)16-11-23-20(26-19(16)24-13-4-1-5-15(27)10-13)25-14-6-7-17-12(9-14)3-2-8-22-17/h2-3,8,11,13-15,27H,1,4-7,9-10H2,(H2,21,28)(H2,23,24,25,26)/t13-,14-,15?/m1/s1. The maximum atomic E-state index is 11.8. The van der Waals surface area contributed by atoms with Gasteiger partial charge >= 0.3 is 0 Å². The fourth-order valence-electron chi connectivity index (χ4n) is 4.10. The summed E-state index contributed by atoms with van der Waals surface area (Å²) in [5, 5.41) is 16.6.